The Bertz CT molecular complexity index is 1270. The SMILES string of the molecule is Cc1cccc(SC(=Nc2cc(Cl)cc(Cl)c2)N(Cc2ccccc2)Cc2cccc(O)c2)c1. The molecule has 172 valence electrons. The molecule has 0 saturated heterocycles. The molecule has 0 aliphatic carbocycles. The number of hydrogen-bond donors (Lipinski definition) is 1. The first-order valence-corrected chi connectivity index (χ1v) is 12.4. The van der Waals surface area contributed by atoms with E-state index in [-0.39, 0.29) is 5.75 Å². The molecular weight excluding hydrogens is 483 g/mol. The Hall–Kier alpha value is -2.92. The van der Waals surface area contributed by atoms with Crippen molar-refractivity contribution in [3.63, 3.8) is 0 Å². The fourth-order valence-electron chi connectivity index (χ4n) is 3.53. The molecule has 1 N–H and O–H groups in total. The first-order chi connectivity index (χ1) is 16.4. The van der Waals surface area contributed by atoms with Crippen molar-refractivity contribution in [2.45, 2.75) is 24.9 Å². The number of thioether (sulfide) groups is 1. The van der Waals surface area contributed by atoms with Gasteiger partial charge in [-0.1, -0.05) is 95.1 Å². The lowest BCUT2D eigenvalue weighted by atomic mass is 10.1. The number of aromatic hydroxyl groups is 1. The van der Waals surface area contributed by atoms with E-state index in [1.165, 1.54) is 5.56 Å². The number of benzene rings is 4. The topological polar surface area (TPSA) is 35.8 Å². The van der Waals surface area contributed by atoms with Crippen molar-refractivity contribution in [2.75, 3.05) is 0 Å². The van der Waals surface area contributed by atoms with Crippen molar-refractivity contribution in [1.29, 1.82) is 0 Å². The normalized spacial score (nSPS) is 11.4. The fraction of sp³-hybridized carbons (Fsp3) is 0.107. The highest BCUT2D eigenvalue weighted by atomic mass is 35.5. The van der Waals surface area contributed by atoms with Crippen LogP contribution in [0.1, 0.15) is 16.7 Å². The van der Waals surface area contributed by atoms with Crippen LogP contribution in [0.5, 0.6) is 5.75 Å². The Kier molecular flexibility index (Phi) is 8.17. The van der Waals surface area contributed by atoms with Crippen LogP contribution in [0.4, 0.5) is 5.69 Å². The second kappa shape index (κ2) is 11.5. The Morgan fingerprint density at radius 1 is 0.794 bits per heavy atom. The van der Waals surface area contributed by atoms with Gasteiger partial charge in [-0.05, 0) is 60.5 Å². The number of phenolic OH excluding ortho intramolecular Hbond substituents is 1. The van der Waals surface area contributed by atoms with Crippen LogP contribution < -0.4 is 0 Å². The molecule has 0 amide bonds. The van der Waals surface area contributed by atoms with Gasteiger partial charge in [0.05, 0.1) is 5.69 Å². The molecule has 0 atom stereocenters. The van der Waals surface area contributed by atoms with E-state index in [0.717, 1.165) is 21.2 Å². The average molecular weight is 507 g/mol. The Labute approximate surface area is 214 Å². The summed E-state index contributed by atoms with van der Waals surface area (Å²) in [7, 11) is 0. The van der Waals surface area contributed by atoms with Gasteiger partial charge in [0.1, 0.15) is 5.75 Å². The molecule has 0 fully saturated rings. The molecule has 0 spiro atoms. The molecule has 0 aliphatic rings. The van der Waals surface area contributed by atoms with E-state index < -0.39 is 0 Å². The van der Waals surface area contributed by atoms with Crippen LogP contribution in [-0.4, -0.2) is 15.2 Å². The molecule has 4 rings (SSSR count). The van der Waals surface area contributed by atoms with Gasteiger partial charge in [0.25, 0.3) is 0 Å². The van der Waals surface area contributed by atoms with Gasteiger partial charge in [-0.15, -0.1) is 0 Å². The van der Waals surface area contributed by atoms with E-state index in [0.29, 0.717) is 28.8 Å². The van der Waals surface area contributed by atoms with Gasteiger partial charge < -0.3 is 10.0 Å². The third kappa shape index (κ3) is 7.04. The minimum Gasteiger partial charge on any atom is -0.508 e. The van der Waals surface area contributed by atoms with Gasteiger partial charge in [-0.2, -0.15) is 0 Å². The zero-order chi connectivity index (χ0) is 23.9. The lowest BCUT2D eigenvalue weighted by Gasteiger charge is -2.26. The first-order valence-electron chi connectivity index (χ1n) is 10.8. The highest BCUT2D eigenvalue weighted by molar-refractivity contribution is 8.13. The molecule has 6 heteroatoms. The zero-order valence-electron chi connectivity index (χ0n) is 18.7. The third-order valence-corrected chi connectivity index (χ3v) is 6.50. The lowest BCUT2D eigenvalue weighted by molar-refractivity contribution is 0.412. The van der Waals surface area contributed by atoms with Crippen molar-refractivity contribution in [2.24, 2.45) is 4.99 Å². The maximum Gasteiger partial charge on any atom is 0.169 e. The smallest absolute Gasteiger partial charge is 0.169 e. The summed E-state index contributed by atoms with van der Waals surface area (Å²) in [6.45, 7) is 3.28. The van der Waals surface area contributed by atoms with Gasteiger partial charge in [0.2, 0.25) is 0 Å². The van der Waals surface area contributed by atoms with Crippen molar-refractivity contribution in [3.8, 4) is 5.75 Å². The second-order valence-electron chi connectivity index (χ2n) is 7.95. The number of phenols is 1. The summed E-state index contributed by atoms with van der Waals surface area (Å²) in [5.41, 5.74) is 4.00. The predicted molar refractivity (Wildman–Crippen MR) is 144 cm³/mol. The summed E-state index contributed by atoms with van der Waals surface area (Å²) in [4.78, 5) is 8.28. The Morgan fingerprint density at radius 2 is 1.47 bits per heavy atom. The monoisotopic (exact) mass is 506 g/mol. The highest BCUT2D eigenvalue weighted by Crippen LogP contribution is 2.30. The fourth-order valence-corrected chi connectivity index (χ4v) is 5.05. The molecule has 0 aliphatic heterocycles. The summed E-state index contributed by atoms with van der Waals surface area (Å²) in [6, 6.07) is 31.2. The minimum atomic E-state index is 0.239. The lowest BCUT2D eigenvalue weighted by Crippen LogP contribution is -2.28. The molecular formula is C28H24Cl2N2OS. The van der Waals surface area contributed by atoms with E-state index >= 15 is 0 Å². The van der Waals surface area contributed by atoms with Gasteiger partial charge in [-0.3, -0.25) is 0 Å². The molecule has 4 aromatic rings. The number of halogens is 2. The van der Waals surface area contributed by atoms with Gasteiger partial charge >= 0.3 is 0 Å². The minimum absolute atomic E-state index is 0.239. The molecule has 34 heavy (non-hydrogen) atoms. The standard InChI is InChI=1S/C28H24Cl2N2OS/c1-20-7-5-12-27(13-20)34-28(31-25-16-23(29)15-24(30)17-25)32(18-21-8-3-2-4-9-21)19-22-10-6-11-26(33)14-22/h2-17,33H,18-19H2,1H3. The summed E-state index contributed by atoms with van der Waals surface area (Å²) in [5, 5.41) is 11.9. The van der Waals surface area contributed by atoms with Crippen molar-refractivity contribution in [1.82, 2.24) is 4.90 Å². The number of aryl methyl sites for hydroxylation is 1. The Balaban J connectivity index is 1.78. The largest absolute Gasteiger partial charge is 0.508 e. The third-order valence-electron chi connectivity index (χ3n) is 5.04. The quantitative estimate of drug-likeness (QED) is 0.162. The molecule has 3 nitrogen and oxygen atoms in total. The second-order valence-corrected chi connectivity index (χ2v) is 9.87. The average Bonchev–Trinajstić information content (AvgIpc) is 2.78. The molecule has 0 saturated carbocycles. The maximum atomic E-state index is 10.0. The van der Waals surface area contributed by atoms with Gasteiger partial charge in [0.15, 0.2) is 5.17 Å². The van der Waals surface area contributed by atoms with Crippen LogP contribution in [0.2, 0.25) is 10.0 Å². The van der Waals surface area contributed by atoms with Crippen LogP contribution in [0.15, 0.2) is 107 Å². The van der Waals surface area contributed by atoms with Crippen LogP contribution in [0, 0.1) is 6.92 Å². The molecule has 4 aromatic carbocycles. The number of aliphatic imine (C=N–C) groups is 1. The zero-order valence-corrected chi connectivity index (χ0v) is 21.0. The molecule has 0 radical (unpaired) electrons. The van der Waals surface area contributed by atoms with E-state index in [2.05, 4.69) is 42.2 Å². The number of nitrogens with zero attached hydrogens (tertiary/aromatic N) is 2. The molecule has 0 heterocycles. The van der Waals surface area contributed by atoms with E-state index in [1.807, 2.05) is 36.4 Å². The Morgan fingerprint density at radius 3 is 2.18 bits per heavy atom. The summed E-state index contributed by atoms with van der Waals surface area (Å²) in [6.07, 6.45) is 0. The predicted octanol–water partition coefficient (Wildman–Crippen LogP) is 8.49. The summed E-state index contributed by atoms with van der Waals surface area (Å²) < 4.78 is 0. The number of rotatable bonds is 6. The van der Waals surface area contributed by atoms with Crippen molar-refractivity contribution >= 4 is 45.8 Å². The van der Waals surface area contributed by atoms with Crippen LogP contribution >= 0.6 is 35.0 Å². The van der Waals surface area contributed by atoms with Crippen molar-refractivity contribution < 1.29 is 5.11 Å². The van der Waals surface area contributed by atoms with E-state index in [4.69, 9.17) is 28.2 Å². The molecule has 0 unspecified atom stereocenters. The first kappa shape index (κ1) is 24.2. The van der Waals surface area contributed by atoms with Crippen molar-refractivity contribution in [3.05, 3.63) is 124 Å². The molecule has 0 bridgehead atoms. The maximum absolute atomic E-state index is 10.0. The van der Waals surface area contributed by atoms with Gasteiger partial charge in [-0.25, -0.2) is 4.99 Å². The highest BCUT2D eigenvalue weighted by Gasteiger charge is 2.16. The number of hydrogen-bond acceptors (Lipinski definition) is 3. The van der Waals surface area contributed by atoms with Crippen LogP contribution in [0.3, 0.4) is 0 Å². The summed E-state index contributed by atoms with van der Waals surface area (Å²) in [5.74, 6) is 0.239. The van der Waals surface area contributed by atoms with Crippen LogP contribution in [0.25, 0.3) is 0 Å². The van der Waals surface area contributed by atoms with E-state index in [1.54, 1.807) is 42.1 Å². The van der Waals surface area contributed by atoms with E-state index in [9.17, 15) is 5.11 Å². The molecule has 0 aromatic heterocycles. The van der Waals surface area contributed by atoms with Crippen LogP contribution in [-0.2, 0) is 13.1 Å². The summed E-state index contributed by atoms with van der Waals surface area (Å²) >= 11 is 14.1. The number of amidine groups is 1. The van der Waals surface area contributed by atoms with Gasteiger partial charge in [0, 0.05) is 28.0 Å².